The van der Waals surface area contributed by atoms with Crippen molar-refractivity contribution in [3.8, 4) is 0 Å². The van der Waals surface area contributed by atoms with Crippen molar-refractivity contribution in [2.45, 2.75) is 33.6 Å². The van der Waals surface area contributed by atoms with Gasteiger partial charge in [-0.3, -0.25) is 4.90 Å². The number of aryl methyl sites for hydroxylation is 2. The van der Waals surface area contributed by atoms with E-state index in [1.165, 1.54) is 24.0 Å². The van der Waals surface area contributed by atoms with Crippen LogP contribution in [0.4, 0.5) is 0 Å². The van der Waals surface area contributed by atoms with E-state index in [2.05, 4.69) is 43.9 Å². The molecule has 20 heavy (non-hydrogen) atoms. The van der Waals surface area contributed by atoms with Crippen molar-refractivity contribution < 1.29 is 9.31 Å². The first kappa shape index (κ1) is 15.6. The third-order valence-electron chi connectivity index (χ3n) is 3.70. The van der Waals surface area contributed by atoms with Crippen molar-refractivity contribution in [1.82, 2.24) is 4.90 Å². The van der Waals surface area contributed by atoms with E-state index < -0.39 is 0 Å². The van der Waals surface area contributed by atoms with Crippen LogP contribution < -0.4 is 5.46 Å². The smallest absolute Gasteiger partial charge is 0.406 e. The van der Waals surface area contributed by atoms with Crippen LogP contribution in [0.3, 0.4) is 0 Å². The second-order valence-corrected chi connectivity index (χ2v) is 5.69. The van der Waals surface area contributed by atoms with Gasteiger partial charge in [-0.1, -0.05) is 42.7 Å². The van der Waals surface area contributed by atoms with E-state index in [1.807, 2.05) is 0 Å². The third-order valence-corrected chi connectivity index (χ3v) is 3.70. The van der Waals surface area contributed by atoms with E-state index in [4.69, 9.17) is 9.31 Å². The van der Waals surface area contributed by atoms with Crippen LogP contribution in [0.2, 0.25) is 0 Å². The van der Waals surface area contributed by atoms with E-state index in [0.29, 0.717) is 0 Å². The summed E-state index contributed by atoms with van der Waals surface area (Å²) in [4.78, 5) is 2.43. The lowest BCUT2D eigenvalue weighted by atomic mass is 9.77. The summed E-state index contributed by atoms with van der Waals surface area (Å²) in [6.45, 7) is 11.1. The first-order valence-electron chi connectivity index (χ1n) is 7.73. The molecule has 3 nitrogen and oxygen atoms in total. The minimum Gasteiger partial charge on any atom is -0.406 e. The molecule has 2 rings (SSSR count). The average Bonchev–Trinajstić information content (AvgIpc) is 2.36. The first-order chi connectivity index (χ1) is 9.69. The van der Waals surface area contributed by atoms with Crippen molar-refractivity contribution in [3.05, 3.63) is 29.3 Å². The molecule has 0 unspecified atom stereocenters. The van der Waals surface area contributed by atoms with Gasteiger partial charge in [0.15, 0.2) is 0 Å². The van der Waals surface area contributed by atoms with Gasteiger partial charge in [-0.15, -0.1) is 0 Å². The molecule has 1 aliphatic heterocycles. The predicted octanol–water partition coefficient (Wildman–Crippen LogP) is 2.15. The molecule has 1 aliphatic rings. The normalized spacial score (nSPS) is 17.9. The molecule has 0 N–H and O–H groups in total. The predicted molar refractivity (Wildman–Crippen MR) is 84.6 cm³/mol. The van der Waals surface area contributed by atoms with Gasteiger partial charge in [0.1, 0.15) is 0 Å². The lowest BCUT2D eigenvalue weighted by Gasteiger charge is -2.27. The molecule has 0 atom stereocenters. The van der Waals surface area contributed by atoms with Gasteiger partial charge < -0.3 is 9.31 Å². The molecule has 1 heterocycles. The zero-order valence-electron chi connectivity index (χ0n) is 13.0. The van der Waals surface area contributed by atoms with Gasteiger partial charge in [0.05, 0.1) is 0 Å². The highest BCUT2D eigenvalue weighted by Gasteiger charge is 2.24. The van der Waals surface area contributed by atoms with Crippen molar-refractivity contribution in [3.63, 3.8) is 0 Å². The zero-order chi connectivity index (χ0) is 14.4. The molecule has 0 radical (unpaired) electrons. The third kappa shape index (κ3) is 4.62. The Morgan fingerprint density at radius 1 is 1.05 bits per heavy atom. The molecule has 110 valence electrons. The molecule has 0 amide bonds. The van der Waals surface area contributed by atoms with E-state index >= 15 is 0 Å². The van der Waals surface area contributed by atoms with Crippen LogP contribution >= 0.6 is 0 Å². The summed E-state index contributed by atoms with van der Waals surface area (Å²) in [5, 5.41) is 0. The number of rotatable bonds is 4. The van der Waals surface area contributed by atoms with Crippen LogP contribution in [0.5, 0.6) is 0 Å². The summed E-state index contributed by atoms with van der Waals surface area (Å²) in [5.41, 5.74) is 3.67. The minimum atomic E-state index is -0.207. The molecule has 4 heteroatoms. The summed E-state index contributed by atoms with van der Waals surface area (Å²) in [7, 11) is -0.207. The number of hydrogen-bond acceptors (Lipinski definition) is 3. The van der Waals surface area contributed by atoms with Crippen LogP contribution in [0.25, 0.3) is 0 Å². The second kappa shape index (κ2) is 7.82. The number of unbranched alkanes of at least 4 members (excludes halogenated alkanes) is 1. The fourth-order valence-electron chi connectivity index (χ4n) is 2.68. The summed E-state index contributed by atoms with van der Waals surface area (Å²) in [6, 6.07) is 6.50. The first-order valence-corrected chi connectivity index (χ1v) is 7.73. The summed E-state index contributed by atoms with van der Waals surface area (Å²) >= 11 is 0. The molecular weight excluding hydrogens is 249 g/mol. The highest BCUT2D eigenvalue weighted by Crippen LogP contribution is 2.05. The van der Waals surface area contributed by atoms with Crippen molar-refractivity contribution in [2.24, 2.45) is 0 Å². The highest BCUT2D eigenvalue weighted by atomic mass is 16.6. The Labute approximate surface area is 123 Å². The maximum Gasteiger partial charge on any atom is 0.493 e. The lowest BCUT2D eigenvalue weighted by molar-refractivity contribution is 0.116. The average molecular weight is 275 g/mol. The molecule has 0 bridgehead atoms. The van der Waals surface area contributed by atoms with E-state index in [0.717, 1.165) is 38.3 Å². The van der Waals surface area contributed by atoms with Crippen LogP contribution in [-0.2, 0) is 9.31 Å². The molecular formula is C16H26BNO2. The SMILES string of the molecule is CCCCN1CCOB(c2cc(C)cc(C)c2)OCC1. The number of nitrogens with zero attached hydrogens (tertiary/aromatic N) is 1. The molecule has 0 spiro atoms. The van der Waals surface area contributed by atoms with Gasteiger partial charge in [-0.25, -0.2) is 0 Å². The van der Waals surface area contributed by atoms with Gasteiger partial charge in [0, 0.05) is 26.3 Å². The van der Waals surface area contributed by atoms with Crippen LogP contribution in [0.15, 0.2) is 18.2 Å². The Morgan fingerprint density at radius 2 is 1.65 bits per heavy atom. The fraction of sp³-hybridized carbons (Fsp3) is 0.625. The minimum absolute atomic E-state index is 0.207. The fourth-order valence-corrected chi connectivity index (χ4v) is 2.68. The van der Waals surface area contributed by atoms with Gasteiger partial charge in [-0.05, 0) is 32.3 Å². The molecule has 1 aromatic rings. The van der Waals surface area contributed by atoms with Crippen LogP contribution in [0, 0.1) is 13.8 Å². The Kier molecular flexibility index (Phi) is 6.08. The Balaban J connectivity index is 1.92. The maximum atomic E-state index is 5.93. The molecule has 0 saturated carbocycles. The molecule has 0 aromatic heterocycles. The second-order valence-electron chi connectivity index (χ2n) is 5.69. The lowest BCUT2D eigenvalue weighted by Crippen LogP contribution is -2.44. The Bertz CT molecular complexity index is 395. The van der Waals surface area contributed by atoms with E-state index in [1.54, 1.807) is 0 Å². The Morgan fingerprint density at radius 3 is 2.20 bits per heavy atom. The maximum absolute atomic E-state index is 5.93. The van der Waals surface area contributed by atoms with Crippen molar-refractivity contribution >= 4 is 12.6 Å². The standard InChI is InChI=1S/C16H26BNO2/c1-4-5-6-18-7-9-19-17(20-10-8-18)16-12-14(2)11-15(3)13-16/h11-13H,4-10H2,1-3H3. The number of benzene rings is 1. The van der Waals surface area contributed by atoms with Crippen LogP contribution in [-0.4, -0.2) is 44.9 Å². The summed E-state index contributed by atoms with van der Waals surface area (Å²) in [6.07, 6.45) is 2.49. The van der Waals surface area contributed by atoms with Crippen LogP contribution in [0.1, 0.15) is 30.9 Å². The molecule has 1 fully saturated rings. The van der Waals surface area contributed by atoms with Gasteiger partial charge in [0.25, 0.3) is 0 Å². The van der Waals surface area contributed by atoms with Crippen molar-refractivity contribution in [2.75, 3.05) is 32.8 Å². The zero-order valence-corrected chi connectivity index (χ0v) is 13.0. The van der Waals surface area contributed by atoms with Gasteiger partial charge in [0.2, 0.25) is 0 Å². The molecule has 1 aromatic carbocycles. The quantitative estimate of drug-likeness (QED) is 0.786. The van der Waals surface area contributed by atoms with Gasteiger partial charge >= 0.3 is 7.12 Å². The molecule has 0 aliphatic carbocycles. The summed E-state index contributed by atoms with van der Waals surface area (Å²) in [5.74, 6) is 0. The van der Waals surface area contributed by atoms with Crippen molar-refractivity contribution in [1.29, 1.82) is 0 Å². The number of hydrogen-bond donors (Lipinski definition) is 0. The van der Waals surface area contributed by atoms with Gasteiger partial charge in [-0.2, -0.15) is 0 Å². The molecule has 1 saturated heterocycles. The largest absolute Gasteiger partial charge is 0.493 e. The van der Waals surface area contributed by atoms with E-state index in [-0.39, 0.29) is 7.12 Å². The topological polar surface area (TPSA) is 21.7 Å². The summed E-state index contributed by atoms with van der Waals surface area (Å²) < 4.78 is 11.9. The highest BCUT2D eigenvalue weighted by molar-refractivity contribution is 6.61. The Hall–Kier alpha value is -0.835. The monoisotopic (exact) mass is 275 g/mol. The van der Waals surface area contributed by atoms with E-state index in [9.17, 15) is 0 Å².